The van der Waals surface area contributed by atoms with E-state index in [0.29, 0.717) is 6.07 Å². The average molecular weight is 202 g/mol. The first-order chi connectivity index (χ1) is 6.49. The van der Waals surface area contributed by atoms with Gasteiger partial charge in [0.1, 0.15) is 5.56 Å². The Labute approximate surface area is 77.5 Å². The van der Waals surface area contributed by atoms with Crippen molar-refractivity contribution in [3.05, 3.63) is 29.3 Å². The van der Waals surface area contributed by atoms with Crippen LogP contribution in [0.4, 0.5) is 13.2 Å². The van der Waals surface area contributed by atoms with Gasteiger partial charge in [-0.05, 0) is 18.2 Å². The number of alkyl halides is 3. The number of benzene rings is 1. The molecule has 0 amide bonds. The molecule has 0 aliphatic carbocycles. The highest BCUT2D eigenvalue weighted by Gasteiger charge is 2.34. The van der Waals surface area contributed by atoms with Crippen molar-refractivity contribution in [1.29, 1.82) is 5.26 Å². The van der Waals surface area contributed by atoms with Crippen LogP contribution < -0.4 is 10.7 Å². The van der Waals surface area contributed by atoms with Crippen LogP contribution in [0.5, 0.6) is 5.75 Å². The van der Waals surface area contributed by atoms with Gasteiger partial charge in [-0.2, -0.15) is 24.3 Å². The third-order valence-corrected chi connectivity index (χ3v) is 1.54. The lowest BCUT2D eigenvalue weighted by molar-refractivity contribution is -0.139. The molecule has 0 heterocycles. The largest absolute Gasteiger partial charge is 0.420 e. The van der Waals surface area contributed by atoms with Crippen molar-refractivity contribution in [2.45, 2.75) is 6.18 Å². The maximum atomic E-state index is 12.3. The van der Waals surface area contributed by atoms with E-state index in [0.717, 1.165) is 6.07 Å². The van der Waals surface area contributed by atoms with Crippen molar-refractivity contribution in [2.75, 3.05) is 0 Å². The lowest BCUT2D eigenvalue weighted by Gasteiger charge is -2.10. The van der Waals surface area contributed by atoms with Gasteiger partial charge in [-0.1, -0.05) is 0 Å². The molecule has 0 aliphatic heterocycles. The highest BCUT2D eigenvalue weighted by atomic mass is 19.4. The van der Waals surface area contributed by atoms with Crippen molar-refractivity contribution in [1.82, 2.24) is 0 Å². The Morgan fingerprint density at radius 2 is 2.00 bits per heavy atom. The molecule has 0 fully saturated rings. The quantitative estimate of drug-likeness (QED) is 0.706. The Kier molecular flexibility index (Phi) is 2.63. The minimum Gasteiger partial charge on any atom is -0.411 e. The van der Waals surface area contributed by atoms with Gasteiger partial charge in [0.25, 0.3) is 0 Å². The van der Waals surface area contributed by atoms with Gasteiger partial charge in [0.2, 0.25) is 0 Å². The number of hydrogen-bond donors (Lipinski definition) is 1. The summed E-state index contributed by atoms with van der Waals surface area (Å²) in [5, 5.41) is 8.40. The van der Waals surface area contributed by atoms with Gasteiger partial charge in [0, 0.05) is 0 Å². The third-order valence-electron chi connectivity index (χ3n) is 1.54. The van der Waals surface area contributed by atoms with E-state index in [2.05, 4.69) is 10.7 Å². The normalized spacial score (nSPS) is 10.8. The molecule has 0 atom stereocenters. The fourth-order valence-corrected chi connectivity index (χ4v) is 0.924. The number of nitrogens with zero attached hydrogens (tertiary/aromatic N) is 1. The van der Waals surface area contributed by atoms with Gasteiger partial charge in [-0.15, -0.1) is 0 Å². The van der Waals surface area contributed by atoms with E-state index >= 15 is 0 Å². The molecule has 0 bridgehead atoms. The predicted octanol–water partition coefficient (Wildman–Crippen LogP) is 1.83. The predicted molar refractivity (Wildman–Crippen MR) is 41.0 cm³/mol. The van der Waals surface area contributed by atoms with Gasteiger partial charge < -0.3 is 4.84 Å². The highest BCUT2D eigenvalue weighted by molar-refractivity contribution is 5.43. The first kappa shape index (κ1) is 10.3. The first-order valence-corrected chi connectivity index (χ1v) is 3.47. The summed E-state index contributed by atoms with van der Waals surface area (Å²) in [6.07, 6.45) is -4.58. The molecule has 6 heteroatoms. The maximum absolute atomic E-state index is 12.3. The summed E-state index contributed by atoms with van der Waals surface area (Å²) in [4.78, 5) is 4.04. The van der Waals surface area contributed by atoms with Gasteiger partial charge in [-0.3, -0.25) is 0 Å². The second-order valence-electron chi connectivity index (χ2n) is 2.44. The summed E-state index contributed by atoms with van der Waals surface area (Å²) >= 11 is 0. The van der Waals surface area contributed by atoms with Gasteiger partial charge in [-0.25, -0.2) is 0 Å². The minimum absolute atomic E-state index is 0.0990. The van der Waals surface area contributed by atoms with Gasteiger partial charge >= 0.3 is 6.18 Å². The van der Waals surface area contributed by atoms with Crippen LogP contribution in [0.3, 0.4) is 0 Å². The van der Waals surface area contributed by atoms with Crippen molar-refractivity contribution in [3.63, 3.8) is 0 Å². The van der Waals surface area contributed by atoms with Crippen molar-refractivity contribution in [3.8, 4) is 11.8 Å². The molecule has 0 unspecified atom stereocenters. The van der Waals surface area contributed by atoms with E-state index in [9.17, 15) is 13.2 Å². The Morgan fingerprint density at radius 3 is 2.43 bits per heavy atom. The van der Waals surface area contributed by atoms with Crippen LogP contribution >= 0.6 is 0 Å². The summed E-state index contributed by atoms with van der Waals surface area (Å²) in [6, 6.07) is 4.47. The smallest absolute Gasteiger partial charge is 0.411 e. The molecular formula is C8H5F3N2O. The zero-order valence-corrected chi connectivity index (χ0v) is 6.80. The van der Waals surface area contributed by atoms with E-state index in [1.807, 2.05) is 0 Å². The highest BCUT2D eigenvalue weighted by Crippen LogP contribution is 2.36. The molecule has 2 N–H and O–H groups in total. The Bertz CT molecular complexity index is 381. The summed E-state index contributed by atoms with van der Waals surface area (Å²) in [6.45, 7) is 0. The molecule has 14 heavy (non-hydrogen) atoms. The average Bonchev–Trinajstić information content (AvgIpc) is 2.15. The molecule has 1 aromatic carbocycles. The van der Waals surface area contributed by atoms with E-state index in [1.165, 1.54) is 6.07 Å². The summed E-state index contributed by atoms with van der Waals surface area (Å²) < 4.78 is 36.9. The minimum atomic E-state index is -4.58. The molecule has 0 saturated carbocycles. The van der Waals surface area contributed by atoms with Crippen LogP contribution in [0.15, 0.2) is 18.2 Å². The SMILES string of the molecule is N#Cc1ccc(ON)c(C(F)(F)F)c1. The van der Waals surface area contributed by atoms with Crippen LogP contribution in [0.2, 0.25) is 0 Å². The topological polar surface area (TPSA) is 59.0 Å². The Morgan fingerprint density at radius 1 is 1.36 bits per heavy atom. The fourth-order valence-electron chi connectivity index (χ4n) is 0.924. The molecule has 0 radical (unpaired) electrons. The maximum Gasteiger partial charge on any atom is 0.420 e. The van der Waals surface area contributed by atoms with Crippen LogP contribution in [0.25, 0.3) is 0 Å². The van der Waals surface area contributed by atoms with E-state index in [1.54, 1.807) is 6.07 Å². The molecule has 0 aliphatic rings. The number of nitrogens with two attached hydrogens (primary N) is 1. The van der Waals surface area contributed by atoms with Crippen molar-refractivity contribution in [2.24, 2.45) is 5.90 Å². The summed E-state index contributed by atoms with van der Waals surface area (Å²) in [7, 11) is 0. The number of nitriles is 1. The van der Waals surface area contributed by atoms with Crippen LogP contribution in [-0.4, -0.2) is 0 Å². The zero-order chi connectivity index (χ0) is 10.8. The van der Waals surface area contributed by atoms with Crippen molar-refractivity contribution < 1.29 is 18.0 Å². The molecule has 74 valence electrons. The summed E-state index contributed by atoms with van der Waals surface area (Å²) in [5.74, 6) is 4.15. The second kappa shape index (κ2) is 3.55. The van der Waals surface area contributed by atoms with Crippen LogP contribution in [0, 0.1) is 11.3 Å². The molecule has 0 saturated heterocycles. The molecule has 1 rings (SSSR count). The van der Waals surface area contributed by atoms with E-state index < -0.39 is 17.5 Å². The van der Waals surface area contributed by atoms with Gasteiger partial charge in [0.05, 0.1) is 11.6 Å². The molecular weight excluding hydrogens is 197 g/mol. The fraction of sp³-hybridized carbons (Fsp3) is 0.125. The Balaban J connectivity index is 3.31. The molecule has 0 spiro atoms. The van der Waals surface area contributed by atoms with Gasteiger partial charge in [0.15, 0.2) is 5.75 Å². The zero-order valence-electron chi connectivity index (χ0n) is 6.80. The van der Waals surface area contributed by atoms with Crippen LogP contribution in [-0.2, 0) is 6.18 Å². The lowest BCUT2D eigenvalue weighted by atomic mass is 10.1. The van der Waals surface area contributed by atoms with E-state index in [4.69, 9.17) is 5.26 Å². The summed E-state index contributed by atoms with van der Waals surface area (Å²) in [5.41, 5.74) is -1.16. The monoisotopic (exact) mass is 202 g/mol. The number of halogens is 3. The molecule has 3 nitrogen and oxygen atoms in total. The van der Waals surface area contributed by atoms with E-state index in [-0.39, 0.29) is 5.56 Å². The molecule has 0 aromatic heterocycles. The van der Waals surface area contributed by atoms with Crippen LogP contribution in [0.1, 0.15) is 11.1 Å². The lowest BCUT2D eigenvalue weighted by Crippen LogP contribution is -2.12. The van der Waals surface area contributed by atoms with Crippen molar-refractivity contribution >= 4 is 0 Å². The third kappa shape index (κ3) is 1.95. The Hall–Kier alpha value is -1.74. The number of rotatable bonds is 1. The first-order valence-electron chi connectivity index (χ1n) is 3.47. The second-order valence-corrected chi connectivity index (χ2v) is 2.44. The molecule has 1 aromatic rings. The standard InChI is InChI=1S/C8H5F3N2O/c9-8(10,11)6-3-5(4-12)1-2-7(6)14-13/h1-3H,13H2. The number of hydrogen-bond acceptors (Lipinski definition) is 3.